The molecule has 0 atom stereocenters. The van der Waals surface area contributed by atoms with Crippen LogP contribution in [-0.4, -0.2) is 44.3 Å². The van der Waals surface area contributed by atoms with Gasteiger partial charge in [0.15, 0.2) is 5.13 Å². The second-order valence-electron chi connectivity index (χ2n) is 6.24. The minimum atomic E-state index is -3.52. The third-order valence-corrected chi connectivity index (χ3v) is 6.73. The summed E-state index contributed by atoms with van der Waals surface area (Å²) in [6, 6.07) is 12.1. The summed E-state index contributed by atoms with van der Waals surface area (Å²) in [7, 11) is -0.546. The minimum Gasteiger partial charge on any atom is -0.494 e. The number of anilines is 1. The highest BCUT2D eigenvalue weighted by molar-refractivity contribution is 7.89. The first kappa shape index (κ1) is 20.2. The van der Waals surface area contributed by atoms with Crippen molar-refractivity contribution in [2.75, 3.05) is 26.0 Å². The molecule has 1 N–H and O–H groups in total. The number of carbonyl (C=O) groups excluding carboxylic acids is 1. The lowest BCUT2D eigenvalue weighted by Crippen LogP contribution is -2.22. The molecule has 3 aromatic rings. The fourth-order valence-corrected chi connectivity index (χ4v) is 4.47. The predicted molar refractivity (Wildman–Crippen MR) is 110 cm³/mol. The van der Waals surface area contributed by atoms with Crippen LogP contribution in [0.3, 0.4) is 0 Å². The molecule has 9 heteroatoms. The lowest BCUT2D eigenvalue weighted by molar-refractivity contribution is -0.115. The van der Waals surface area contributed by atoms with Gasteiger partial charge in [0.2, 0.25) is 15.9 Å². The third-order valence-electron chi connectivity index (χ3n) is 3.98. The first-order valence-corrected chi connectivity index (χ1v) is 10.9. The van der Waals surface area contributed by atoms with Crippen molar-refractivity contribution in [3.8, 4) is 5.75 Å². The van der Waals surface area contributed by atoms with Crippen molar-refractivity contribution < 1.29 is 17.9 Å². The second kappa shape index (κ2) is 8.26. The molecule has 0 bridgehead atoms. The number of rotatable bonds is 7. The maximum Gasteiger partial charge on any atom is 0.242 e. The molecule has 0 fully saturated rings. The maximum atomic E-state index is 12.3. The summed E-state index contributed by atoms with van der Waals surface area (Å²) in [4.78, 5) is 16.9. The van der Waals surface area contributed by atoms with Crippen molar-refractivity contribution in [2.45, 2.75) is 18.2 Å². The number of amides is 1. The maximum absolute atomic E-state index is 12.3. The highest BCUT2D eigenvalue weighted by Gasteiger charge is 2.18. The third kappa shape index (κ3) is 4.49. The molecule has 1 heterocycles. The smallest absolute Gasteiger partial charge is 0.242 e. The van der Waals surface area contributed by atoms with E-state index in [2.05, 4.69) is 10.3 Å². The number of hydrogen-bond donors (Lipinski definition) is 1. The lowest BCUT2D eigenvalue weighted by Gasteiger charge is -2.10. The molecule has 0 aliphatic carbocycles. The first-order chi connectivity index (χ1) is 13.3. The van der Waals surface area contributed by atoms with Gasteiger partial charge in [-0.1, -0.05) is 23.5 Å². The van der Waals surface area contributed by atoms with E-state index in [0.717, 1.165) is 15.6 Å². The van der Waals surface area contributed by atoms with Gasteiger partial charge in [0.05, 0.1) is 28.1 Å². The Hall–Kier alpha value is -2.49. The van der Waals surface area contributed by atoms with Crippen LogP contribution in [0.4, 0.5) is 5.13 Å². The number of nitrogens with one attached hydrogen (secondary N) is 1. The molecule has 7 nitrogen and oxygen atoms in total. The van der Waals surface area contributed by atoms with Crippen molar-refractivity contribution in [3.05, 3.63) is 48.0 Å². The predicted octanol–water partition coefficient (Wildman–Crippen LogP) is 3.13. The van der Waals surface area contributed by atoms with E-state index in [0.29, 0.717) is 22.0 Å². The van der Waals surface area contributed by atoms with Crippen molar-refractivity contribution in [1.82, 2.24) is 9.29 Å². The Morgan fingerprint density at radius 3 is 2.54 bits per heavy atom. The molecule has 148 valence electrons. The van der Waals surface area contributed by atoms with Gasteiger partial charge < -0.3 is 10.1 Å². The Bertz CT molecular complexity index is 1090. The molecular weight excluding hydrogens is 398 g/mol. The lowest BCUT2D eigenvalue weighted by atomic mass is 10.1. The van der Waals surface area contributed by atoms with Crippen LogP contribution in [0.2, 0.25) is 0 Å². The molecular formula is C19H21N3O4S2. The summed E-state index contributed by atoms with van der Waals surface area (Å²) in [5, 5.41) is 3.21. The van der Waals surface area contributed by atoms with Crippen molar-refractivity contribution in [3.63, 3.8) is 0 Å². The van der Waals surface area contributed by atoms with E-state index in [4.69, 9.17) is 4.74 Å². The van der Waals surface area contributed by atoms with Gasteiger partial charge >= 0.3 is 0 Å². The zero-order chi connectivity index (χ0) is 20.3. The largest absolute Gasteiger partial charge is 0.494 e. The summed E-state index contributed by atoms with van der Waals surface area (Å²) in [5.41, 5.74) is 1.50. The highest BCUT2D eigenvalue weighted by atomic mass is 32.2. The number of nitrogens with zero attached hydrogens (tertiary/aromatic N) is 2. The number of carbonyl (C=O) groups is 1. The van der Waals surface area contributed by atoms with Gasteiger partial charge in [0.25, 0.3) is 0 Å². The Labute approximate surface area is 168 Å². The van der Waals surface area contributed by atoms with E-state index in [1.807, 2.05) is 31.2 Å². The molecule has 0 saturated carbocycles. The molecule has 0 saturated heterocycles. The van der Waals surface area contributed by atoms with Gasteiger partial charge in [-0.25, -0.2) is 17.7 Å². The zero-order valence-corrected chi connectivity index (χ0v) is 17.4. The monoisotopic (exact) mass is 419 g/mol. The normalized spacial score (nSPS) is 11.7. The van der Waals surface area contributed by atoms with E-state index in [1.165, 1.54) is 31.5 Å². The molecule has 0 spiro atoms. The summed E-state index contributed by atoms with van der Waals surface area (Å²) in [5.74, 6) is 0.575. The van der Waals surface area contributed by atoms with Crippen molar-refractivity contribution >= 4 is 42.6 Å². The molecule has 28 heavy (non-hydrogen) atoms. The zero-order valence-electron chi connectivity index (χ0n) is 15.8. The summed E-state index contributed by atoms with van der Waals surface area (Å²) >= 11 is 1.24. The molecule has 0 unspecified atom stereocenters. The van der Waals surface area contributed by atoms with Gasteiger partial charge in [-0.15, -0.1) is 0 Å². The SMILES string of the molecule is CCOc1ccc(CC(=O)Nc2nc3ccc(S(=O)(=O)N(C)C)cc3s2)cc1. The van der Waals surface area contributed by atoms with Gasteiger partial charge in [-0.05, 0) is 42.8 Å². The van der Waals surface area contributed by atoms with E-state index < -0.39 is 10.0 Å². The van der Waals surface area contributed by atoms with Crippen LogP contribution in [0.25, 0.3) is 10.2 Å². The quantitative estimate of drug-likeness (QED) is 0.636. The topological polar surface area (TPSA) is 88.6 Å². The van der Waals surface area contributed by atoms with Crippen LogP contribution in [0.1, 0.15) is 12.5 Å². The summed E-state index contributed by atoms with van der Waals surface area (Å²) in [6.45, 7) is 2.51. The average Bonchev–Trinajstić information content (AvgIpc) is 3.04. The van der Waals surface area contributed by atoms with Crippen LogP contribution in [0, 0.1) is 0 Å². The minimum absolute atomic E-state index is 0.190. The second-order valence-corrected chi connectivity index (χ2v) is 9.42. The van der Waals surface area contributed by atoms with Gasteiger partial charge in [-0.2, -0.15) is 0 Å². The van der Waals surface area contributed by atoms with Crippen LogP contribution in [0.15, 0.2) is 47.4 Å². The highest BCUT2D eigenvalue weighted by Crippen LogP contribution is 2.29. The molecule has 0 aliphatic heterocycles. The fourth-order valence-electron chi connectivity index (χ4n) is 2.55. The van der Waals surface area contributed by atoms with E-state index in [-0.39, 0.29) is 17.2 Å². The number of benzene rings is 2. The van der Waals surface area contributed by atoms with E-state index >= 15 is 0 Å². The number of fused-ring (bicyclic) bond motifs is 1. The Morgan fingerprint density at radius 1 is 1.18 bits per heavy atom. The number of ether oxygens (including phenoxy) is 1. The van der Waals surface area contributed by atoms with Gasteiger partial charge in [0.1, 0.15) is 5.75 Å². The van der Waals surface area contributed by atoms with Crippen molar-refractivity contribution in [2.24, 2.45) is 0 Å². The van der Waals surface area contributed by atoms with Crippen LogP contribution >= 0.6 is 11.3 Å². The van der Waals surface area contributed by atoms with E-state index in [9.17, 15) is 13.2 Å². The molecule has 0 radical (unpaired) electrons. The first-order valence-electron chi connectivity index (χ1n) is 8.64. The molecule has 0 aliphatic rings. The number of sulfonamides is 1. The Kier molecular flexibility index (Phi) is 5.97. The Balaban J connectivity index is 1.72. The van der Waals surface area contributed by atoms with Gasteiger partial charge in [-0.3, -0.25) is 4.79 Å². The van der Waals surface area contributed by atoms with Crippen LogP contribution in [0.5, 0.6) is 5.75 Å². The standard InChI is InChI=1S/C19H21N3O4S2/c1-4-26-14-7-5-13(6-8-14)11-18(23)21-19-20-16-10-9-15(12-17(16)27-19)28(24,25)22(2)3/h5-10,12H,4,11H2,1-3H3,(H,20,21,23). The molecule has 2 aromatic carbocycles. The van der Waals surface area contributed by atoms with Crippen LogP contribution < -0.4 is 10.1 Å². The molecule has 3 rings (SSSR count). The van der Waals surface area contributed by atoms with Crippen LogP contribution in [-0.2, 0) is 21.2 Å². The number of aromatic nitrogens is 1. The van der Waals surface area contributed by atoms with Crippen molar-refractivity contribution in [1.29, 1.82) is 0 Å². The number of hydrogen-bond acceptors (Lipinski definition) is 6. The van der Waals surface area contributed by atoms with Gasteiger partial charge in [0, 0.05) is 14.1 Å². The van der Waals surface area contributed by atoms with E-state index in [1.54, 1.807) is 12.1 Å². The number of thiazole rings is 1. The Morgan fingerprint density at radius 2 is 1.89 bits per heavy atom. The molecule has 1 aromatic heterocycles. The fraction of sp³-hybridized carbons (Fsp3) is 0.263. The summed E-state index contributed by atoms with van der Waals surface area (Å²) < 4.78 is 31.8. The average molecular weight is 420 g/mol. The summed E-state index contributed by atoms with van der Waals surface area (Å²) in [6.07, 6.45) is 0.211. The molecule has 1 amide bonds.